The Bertz CT molecular complexity index is 193. The Morgan fingerprint density at radius 3 is 2.57 bits per heavy atom. The van der Waals surface area contributed by atoms with Gasteiger partial charge in [0.15, 0.2) is 0 Å². The van der Waals surface area contributed by atoms with Crippen LogP contribution in [0.2, 0.25) is 0 Å². The zero-order valence-corrected chi connectivity index (χ0v) is 9.17. The quantitative estimate of drug-likeness (QED) is 0.512. The molecule has 0 saturated carbocycles. The molecule has 0 aliphatic carbocycles. The molecule has 0 amide bonds. The molecule has 0 rings (SSSR count). The van der Waals surface area contributed by atoms with Gasteiger partial charge >= 0.3 is 11.4 Å². The van der Waals surface area contributed by atoms with E-state index < -0.39 is 5.43 Å². The molecule has 0 aliphatic rings. The molecule has 0 fully saturated rings. The smallest absolute Gasteiger partial charge is 0.403 e. The largest absolute Gasteiger partial charge is 0.463 e. The lowest BCUT2D eigenvalue weighted by molar-refractivity contribution is -0.148. The van der Waals surface area contributed by atoms with Crippen LogP contribution in [0.5, 0.6) is 0 Å². The number of hydrogen-bond donors (Lipinski definition) is 0. The normalized spacial score (nSPS) is 11.9. The number of hydrogen-bond acceptors (Lipinski definition) is 4. The summed E-state index contributed by atoms with van der Waals surface area (Å²) in [5.74, 6) is -0.225. The summed E-state index contributed by atoms with van der Waals surface area (Å²) < 4.78 is 9.49. The summed E-state index contributed by atoms with van der Waals surface area (Å²) in [6.45, 7) is 3.82. The molecule has 0 unspecified atom stereocenters. The average molecular weight is 223 g/mol. The Kier molecular flexibility index (Phi) is 7.20. The molecule has 0 aromatic carbocycles. The molecular formula is C9H15ClO4. The van der Waals surface area contributed by atoms with Crippen molar-refractivity contribution in [2.24, 2.45) is 0 Å². The van der Waals surface area contributed by atoms with Crippen molar-refractivity contribution in [3.8, 4) is 0 Å². The molecule has 0 saturated heterocycles. The molecule has 0 bridgehead atoms. The van der Waals surface area contributed by atoms with Crippen molar-refractivity contribution >= 4 is 23.0 Å². The van der Waals surface area contributed by atoms with E-state index in [-0.39, 0.29) is 18.7 Å². The van der Waals surface area contributed by atoms with Crippen molar-refractivity contribution in [2.45, 2.75) is 39.2 Å². The van der Waals surface area contributed by atoms with Crippen LogP contribution in [-0.2, 0) is 14.3 Å². The summed E-state index contributed by atoms with van der Waals surface area (Å²) in [6.07, 6.45) is 1.40. The number of esters is 1. The fourth-order valence-corrected chi connectivity index (χ4v) is 0.929. The zero-order valence-electron chi connectivity index (χ0n) is 8.42. The second kappa shape index (κ2) is 7.62. The van der Waals surface area contributed by atoms with Crippen LogP contribution in [0.25, 0.3) is 0 Å². The van der Waals surface area contributed by atoms with Gasteiger partial charge in [-0.2, -0.15) is 0 Å². The predicted octanol–water partition coefficient (Wildman–Crippen LogP) is 2.48. The van der Waals surface area contributed by atoms with Crippen LogP contribution >= 0.6 is 11.6 Å². The van der Waals surface area contributed by atoms with E-state index in [1.165, 1.54) is 0 Å². The first kappa shape index (κ1) is 13.2. The summed E-state index contributed by atoms with van der Waals surface area (Å²) in [7, 11) is 0. The number of halogens is 1. The molecule has 14 heavy (non-hydrogen) atoms. The molecule has 0 aliphatic heterocycles. The van der Waals surface area contributed by atoms with E-state index in [0.717, 1.165) is 6.42 Å². The van der Waals surface area contributed by atoms with E-state index in [4.69, 9.17) is 16.3 Å². The third-order valence-electron chi connectivity index (χ3n) is 1.53. The van der Waals surface area contributed by atoms with Gasteiger partial charge in [-0.05, 0) is 13.3 Å². The highest BCUT2D eigenvalue weighted by molar-refractivity contribution is 6.61. The Labute approximate surface area is 88.5 Å². The van der Waals surface area contributed by atoms with Gasteiger partial charge in [0.1, 0.15) is 6.10 Å². The Morgan fingerprint density at radius 1 is 1.43 bits per heavy atom. The van der Waals surface area contributed by atoms with Crippen molar-refractivity contribution in [2.75, 3.05) is 6.61 Å². The summed E-state index contributed by atoms with van der Waals surface area (Å²) >= 11 is 4.95. The van der Waals surface area contributed by atoms with Crippen LogP contribution in [0.1, 0.15) is 33.1 Å². The fraction of sp³-hybridized carbons (Fsp3) is 0.778. The van der Waals surface area contributed by atoms with E-state index in [1.54, 1.807) is 6.92 Å². The first-order valence-corrected chi connectivity index (χ1v) is 4.95. The number of ether oxygens (including phenoxy) is 2. The SMILES string of the molecule is CCCC(=O)O[C@H](C)CCOC(=O)Cl. The van der Waals surface area contributed by atoms with Gasteiger partial charge in [0.2, 0.25) is 0 Å². The molecular weight excluding hydrogens is 208 g/mol. The van der Waals surface area contributed by atoms with Crippen LogP contribution < -0.4 is 0 Å². The third-order valence-corrected chi connectivity index (χ3v) is 1.64. The van der Waals surface area contributed by atoms with Gasteiger partial charge in [-0.3, -0.25) is 4.79 Å². The molecule has 5 heteroatoms. The van der Waals surface area contributed by atoms with Crippen LogP contribution in [0.4, 0.5) is 4.79 Å². The summed E-state index contributed by atoms with van der Waals surface area (Å²) in [5.41, 5.74) is -0.836. The highest BCUT2D eigenvalue weighted by Gasteiger charge is 2.08. The van der Waals surface area contributed by atoms with Crippen molar-refractivity contribution in [1.29, 1.82) is 0 Å². The second-order valence-corrected chi connectivity index (χ2v) is 3.23. The molecule has 0 spiro atoms. The van der Waals surface area contributed by atoms with E-state index in [9.17, 15) is 9.59 Å². The highest BCUT2D eigenvalue weighted by Crippen LogP contribution is 2.02. The summed E-state index contributed by atoms with van der Waals surface area (Å²) in [5, 5.41) is 0. The Hall–Kier alpha value is -0.770. The molecule has 4 nitrogen and oxygen atoms in total. The number of carbonyl (C=O) groups excluding carboxylic acids is 2. The Balaban J connectivity index is 3.49. The molecule has 0 heterocycles. The maximum Gasteiger partial charge on any atom is 0.403 e. The predicted molar refractivity (Wildman–Crippen MR) is 52.3 cm³/mol. The summed E-state index contributed by atoms with van der Waals surface area (Å²) in [4.78, 5) is 21.2. The molecule has 0 N–H and O–H groups in total. The van der Waals surface area contributed by atoms with Crippen LogP contribution in [-0.4, -0.2) is 24.1 Å². The number of rotatable bonds is 6. The Morgan fingerprint density at radius 2 is 2.07 bits per heavy atom. The third kappa shape index (κ3) is 7.86. The van der Waals surface area contributed by atoms with Gasteiger partial charge in [0, 0.05) is 24.4 Å². The van der Waals surface area contributed by atoms with Gasteiger partial charge in [-0.25, -0.2) is 4.79 Å². The van der Waals surface area contributed by atoms with E-state index in [0.29, 0.717) is 12.8 Å². The minimum atomic E-state index is -0.836. The topological polar surface area (TPSA) is 52.6 Å². The molecule has 0 aromatic rings. The number of carbonyl (C=O) groups is 2. The molecule has 1 atom stereocenters. The first-order chi connectivity index (χ1) is 6.56. The summed E-state index contributed by atoms with van der Waals surface area (Å²) in [6, 6.07) is 0. The van der Waals surface area contributed by atoms with Crippen molar-refractivity contribution < 1.29 is 19.1 Å². The maximum absolute atomic E-state index is 11.0. The fourth-order valence-electron chi connectivity index (χ4n) is 0.851. The monoisotopic (exact) mass is 222 g/mol. The van der Waals surface area contributed by atoms with Crippen LogP contribution in [0.3, 0.4) is 0 Å². The minimum absolute atomic E-state index is 0.170. The van der Waals surface area contributed by atoms with Crippen LogP contribution in [0.15, 0.2) is 0 Å². The maximum atomic E-state index is 11.0. The van der Waals surface area contributed by atoms with Gasteiger partial charge in [0.05, 0.1) is 6.61 Å². The lowest BCUT2D eigenvalue weighted by atomic mass is 10.3. The standard InChI is InChI=1S/C9H15ClO4/c1-3-4-8(11)14-7(2)5-6-13-9(10)12/h7H,3-6H2,1-2H3/t7-/m1/s1. The van der Waals surface area contributed by atoms with E-state index >= 15 is 0 Å². The molecule has 0 aromatic heterocycles. The van der Waals surface area contributed by atoms with Crippen molar-refractivity contribution in [1.82, 2.24) is 0 Å². The lowest BCUT2D eigenvalue weighted by Crippen LogP contribution is -2.16. The van der Waals surface area contributed by atoms with Gasteiger partial charge < -0.3 is 9.47 Å². The first-order valence-electron chi connectivity index (χ1n) is 4.58. The van der Waals surface area contributed by atoms with E-state index in [1.807, 2.05) is 6.92 Å². The zero-order chi connectivity index (χ0) is 11.0. The van der Waals surface area contributed by atoms with Crippen molar-refractivity contribution in [3.05, 3.63) is 0 Å². The average Bonchev–Trinajstić information content (AvgIpc) is 2.03. The van der Waals surface area contributed by atoms with Gasteiger partial charge in [0.25, 0.3) is 0 Å². The van der Waals surface area contributed by atoms with Crippen LogP contribution in [0, 0.1) is 0 Å². The highest BCUT2D eigenvalue weighted by atomic mass is 35.5. The second-order valence-electron chi connectivity index (χ2n) is 2.93. The lowest BCUT2D eigenvalue weighted by Gasteiger charge is -2.12. The molecule has 0 radical (unpaired) electrons. The van der Waals surface area contributed by atoms with Crippen molar-refractivity contribution in [3.63, 3.8) is 0 Å². The minimum Gasteiger partial charge on any atom is -0.463 e. The van der Waals surface area contributed by atoms with Gasteiger partial charge in [-0.15, -0.1) is 0 Å². The molecule has 82 valence electrons. The van der Waals surface area contributed by atoms with Gasteiger partial charge in [-0.1, -0.05) is 6.92 Å². The van der Waals surface area contributed by atoms with E-state index in [2.05, 4.69) is 4.74 Å².